The molecule has 2 aromatic carbocycles. The average molecular weight is 426 g/mol. The van der Waals surface area contributed by atoms with Crippen LogP contribution in [0.3, 0.4) is 0 Å². The molecule has 0 aliphatic heterocycles. The van der Waals surface area contributed by atoms with Gasteiger partial charge in [0.25, 0.3) is 0 Å². The first kappa shape index (κ1) is 23.8. The number of nitriles is 1. The van der Waals surface area contributed by atoms with Gasteiger partial charge in [-0.2, -0.15) is 5.26 Å². The highest BCUT2D eigenvalue weighted by Crippen LogP contribution is 2.44. The fraction of sp³-hybridized carbons (Fsp3) is 0.440. The second-order valence-electron chi connectivity index (χ2n) is 7.25. The molecule has 0 fully saturated rings. The number of methoxy groups -OCH3 is 1. The van der Waals surface area contributed by atoms with Crippen LogP contribution in [-0.2, 0) is 14.9 Å². The minimum Gasteiger partial charge on any atom is -0.495 e. The van der Waals surface area contributed by atoms with E-state index >= 15 is 0 Å². The summed E-state index contributed by atoms with van der Waals surface area (Å²) >= 11 is 1.58. The zero-order valence-electron chi connectivity index (χ0n) is 18.4. The third-order valence-corrected chi connectivity index (χ3v) is 6.40. The smallest absolute Gasteiger partial charge is 0.331 e. The van der Waals surface area contributed by atoms with Crippen LogP contribution in [0.5, 0.6) is 5.75 Å². The lowest BCUT2D eigenvalue weighted by atomic mass is 9.77. The summed E-state index contributed by atoms with van der Waals surface area (Å²) in [5, 5.41) is 10.2. The van der Waals surface area contributed by atoms with Gasteiger partial charge in [0.1, 0.15) is 5.75 Å². The molecule has 0 aliphatic carbocycles. The van der Waals surface area contributed by atoms with Crippen molar-refractivity contribution in [3.8, 4) is 11.8 Å². The van der Waals surface area contributed by atoms with Crippen LogP contribution in [0.15, 0.2) is 52.3 Å². The highest BCUT2D eigenvalue weighted by atomic mass is 32.2. The molecule has 0 saturated heterocycles. The Hall–Kier alpha value is -2.45. The third-order valence-electron chi connectivity index (χ3n) is 5.18. The molecule has 160 valence electrons. The number of carbonyl (C=O) groups excluding carboxylic acids is 1. The Balaban J connectivity index is 2.53. The molecule has 0 bridgehead atoms. The van der Waals surface area contributed by atoms with Crippen LogP contribution in [0.2, 0.25) is 0 Å². The summed E-state index contributed by atoms with van der Waals surface area (Å²) in [7, 11) is 1.59. The van der Waals surface area contributed by atoms with Gasteiger partial charge in [0.2, 0.25) is 0 Å². The number of para-hydroxylation sites is 1. The normalized spacial score (nSPS) is 12.6. The van der Waals surface area contributed by atoms with E-state index in [4.69, 9.17) is 9.47 Å². The molecule has 5 heteroatoms. The Morgan fingerprint density at radius 2 is 1.80 bits per heavy atom. The summed E-state index contributed by atoms with van der Waals surface area (Å²) < 4.78 is 11.1. The fourth-order valence-electron chi connectivity index (χ4n) is 3.51. The number of benzene rings is 2. The molecule has 0 aliphatic rings. The molecule has 1 atom stereocenters. The maximum absolute atomic E-state index is 13.0. The fourth-order valence-corrected chi connectivity index (χ4v) is 4.56. The minimum atomic E-state index is -1.38. The number of ether oxygens (including phenoxy) is 2. The number of hydrogen-bond acceptors (Lipinski definition) is 5. The van der Waals surface area contributed by atoms with Gasteiger partial charge in [0.15, 0.2) is 5.41 Å². The van der Waals surface area contributed by atoms with Gasteiger partial charge >= 0.3 is 5.97 Å². The quantitative estimate of drug-likeness (QED) is 0.306. The molecule has 0 radical (unpaired) electrons. The number of unbranched alkanes of at least 4 members (excludes halogenated alkanes) is 3. The first-order valence-corrected chi connectivity index (χ1v) is 11.3. The van der Waals surface area contributed by atoms with Gasteiger partial charge in [0.05, 0.1) is 24.7 Å². The Kier molecular flexibility index (Phi) is 9.26. The second-order valence-corrected chi connectivity index (χ2v) is 8.34. The zero-order valence-corrected chi connectivity index (χ0v) is 19.2. The number of carbonyl (C=O) groups is 1. The lowest BCUT2D eigenvalue weighted by molar-refractivity contribution is -0.148. The summed E-state index contributed by atoms with van der Waals surface area (Å²) in [6, 6.07) is 16.1. The Morgan fingerprint density at radius 3 is 2.43 bits per heavy atom. The molecule has 0 heterocycles. The van der Waals surface area contributed by atoms with Gasteiger partial charge in [-0.1, -0.05) is 74.7 Å². The van der Waals surface area contributed by atoms with Crippen LogP contribution in [0.4, 0.5) is 0 Å². The van der Waals surface area contributed by atoms with E-state index in [0.717, 1.165) is 41.0 Å². The van der Waals surface area contributed by atoms with E-state index < -0.39 is 11.4 Å². The summed E-state index contributed by atoms with van der Waals surface area (Å²) in [5.74, 6) is 0.0659. The maximum atomic E-state index is 13.0. The Bertz CT molecular complexity index is 890. The topological polar surface area (TPSA) is 59.3 Å². The molecule has 2 aromatic rings. The van der Waals surface area contributed by atoms with Crippen LogP contribution in [-0.4, -0.2) is 19.7 Å². The zero-order chi connectivity index (χ0) is 22.0. The van der Waals surface area contributed by atoms with Crippen LogP contribution in [0.25, 0.3) is 0 Å². The van der Waals surface area contributed by atoms with E-state index in [2.05, 4.69) is 32.0 Å². The summed E-state index contributed by atoms with van der Waals surface area (Å²) in [4.78, 5) is 15.0. The molecule has 0 spiro atoms. The first-order valence-electron chi connectivity index (χ1n) is 10.5. The van der Waals surface area contributed by atoms with E-state index in [1.807, 2.05) is 30.3 Å². The van der Waals surface area contributed by atoms with Crippen LogP contribution in [0, 0.1) is 18.3 Å². The molecule has 30 heavy (non-hydrogen) atoms. The third kappa shape index (κ3) is 5.37. The van der Waals surface area contributed by atoms with Gasteiger partial charge < -0.3 is 9.47 Å². The molecule has 0 aromatic heterocycles. The number of hydrogen-bond donors (Lipinski definition) is 0. The van der Waals surface area contributed by atoms with Gasteiger partial charge in [-0.15, -0.1) is 0 Å². The molecule has 2 rings (SSSR count). The van der Waals surface area contributed by atoms with Crippen LogP contribution < -0.4 is 4.74 Å². The van der Waals surface area contributed by atoms with Crippen molar-refractivity contribution in [3.05, 3.63) is 53.6 Å². The van der Waals surface area contributed by atoms with Crippen molar-refractivity contribution in [2.45, 2.75) is 68.1 Å². The van der Waals surface area contributed by atoms with Crippen molar-refractivity contribution < 1.29 is 14.3 Å². The number of rotatable bonds is 11. The number of nitrogens with zero attached hydrogens (tertiary/aromatic N) is 1. The molecular formula is C25H31NO3S. The molecule has 0 amide bonds. The van der Waals surface area contributed by atoms with E-state index in [1.165, 1.54) is 0 Å². The monoisotopic (exact) mass is 425 g/mol. The lowest BCUT2D eigenvalue weighted by Crippen LogP contribution is -2.36. The standard InChI is InChI=1S/C25H31NO3S/c1-5-7-8-11-17-25(18-26,24(27)29-6-2)20-14-12-16-22(23(20)28-4)30-21-15-10-9-13-19(21)3/h9-10,12-16H,5-8,11,17H2,1-4H3. The van der Waals surface area contributed by atoms with Gasteiger partial charge in [-0.3, -0.25) is 0 Å². The predicted octanol–water partition coefficient (Wildman–Crippen LogP) is 6.45. The Labute approximate surface area is 184 Å². The van der Waals surface area contributed by atoms with E-state index in [-0.39, 0.29) is 6.61 Å². The Morgan fingerprint density at radius 1 is 1.07 bits per heavy atom. The summed E-state index contributed by atoms with van der Waals surface area (Å²) in [6.07, 6.45) is 4.32. The molecular weight excluding hydrogens is 394 g/mol. The van der Waals surface area contributed by atoms with E-state index in [0.29, 0.717) is 17.7 Å². The summed E-state index contributed by atoms with van der Waals surface area (Å²) in [6.45, 7) is 6.19. The molecule has 1 unspecified atom stereocenters. The highest BCUT2D eigenvalue weighted by molar-refractivity contribution is 7.99. The van der Waals surface area contributed by atoms with E-state index in [9.17, 15) is 10.1 Å². The van der Waals surface area contributed by atoms with Gasteiger partial charge in [-0.25, -0.2) is 4.79 Å². The van der Waals surface area contributed by atoms with Gasteiger partial charge in [0, 0.05) is 10.5 Å². The highest BCUT2D eigenvalue weighted by Gasteiger charge is 2.44. The average Bonchev–Trinajstić information content (AvgIpc) is 2.76. The SMILES string of the molecule is CCCCCCC(C#N)(C(=O)OCC)c1cccc(Sc2ccccc2C)c1OC. The van der Waals surface area contributed by atoms with Crippen molar-refractivity contribution in [2.75, 3.05) is 13.7 Å². The van der Waals surface area contributed by atoms with Crippen molar-refractivity contribution in [3.63, 3.8) is 0 Å². The number of esters is 1. The van der Waals surface area contributed by atoms with Gasteiger partial charge in [-0.05, 0) is 38.0 Å². The molecule has 0 N–H and O–H groups in total. The number of aryl methyl sites for hydroxylation is 1. The van der Waals surface area contributed by atoms with Crippen LogP contribution in [0.1, 0.15) is 57.1 Å². The predicted molar refractivity (Wildman–Crippen MR) is 121 cm³/mol. The second kappa shape index (κ2) is 11.7. The first-order chi connectivity index (χ1) is 14.5. The van der Waals surface area contributed by atoms with Crippen molar-refractivity contribution >= 4 is 17.7 Å². The lowest BCUT2D eigenvalue weighted by Gasteiger charge is -2.27. The van der Waals surface area contributed by atoms with Crippen molar-refractivity contribution in [1.82, 2.24) is 0 Å². The van der Waals surface area contributed by atoms with Crippen molar-refractivity contribution in [1.29, 1.82) is 5.26 Å². The largest absolute Gasteiger partial charge is 0.495 e. The molecule has 0 saturated carbocycles. The maximum Gasteiger partial charge on any atom is 0.331 e. The van der Waals surface area contributed by atoms with Crippen LogP contribution >= 0.6 is 11.8 Å². The minimum absolute atomic E-state index is 0.233. The van der Waals surface area contributed by atoms with E-state index in [1.54, 1.807) is 25.8 Å². The van der Waals surface area contributed by atoms with Crippen molar-refractivity contribution in [2.24, 2.45) is 0 Å². The molecule has 4 nitrogen and oxygen atoms in total. The summed E-state index contributed by atoms with van der Waals surface area (Å²) in [5.41, 5.74) is 0.365.